The molecule has 3 unspecified atom stereocenters. The number of carbonyl (C=O) groups excluding carboxylic acids is 2. The van der Waals surface area contributed by atoms with Crippen LogP contribution in [0.25, 0.3) is 0 Å². The van der Waals surface area contributed by atoms with Gasteiger partial charge in [-0.3, -0.25) is 4.79 Å². The summed E-state index contributed by atoms with van der Waals surface area (Å²) in [5.41, 5.74) is 0.665. The minimum absolute atomic E-state index is 0.0272. The first-order valence-electron chi connectivity index (χ1n) is 11.0. The van der Waals surface area contributed by atoms with Gasteiger partial charge in [-0.05, 0) is 62.1 Å². The van der Waals surface area contributed by atoms with Crippen molar-refractivity contribution < 1.29 is 19.1 Å². The van der Waals surface area contributed by atoms with E-state index in [4.69, 9.17) is 21.1 Å². The molecule has 0 radical (unpaired) electrons. The highest BCUT2D eigenvalue weighted by Crippen LogP contribution is 2.57. The number of ether oxygens (including phenoxy) is 2. The van der Waals surface area contributed by atoms with Gasteiger partial charge < -0.3 is 14.8 Å². The predicted molar refractivity (Wildman–Crippen MR) is 130 cm³/mol. The summed E-state index contributed by atoms with van der Waals surface area (Å²) < 4.78 is 11.3. The van der Waals surface area contributed by atoms with Crippen molar-refractivity contribution in [3.8, 4) is 5.75 Å². The standard InChI is InChI=1S/C27H26ClNO4/c1-3-5-6-10-20(4-2)32-21-13-11-19(12-14-21)29-25-22(33-26(31)24(25)28)16-23(30)27-15-8-7-9-18(27)17-27/h3-4,6-15,18,22,29H,1,5,16-17H2,2H3/b10-6-,20-4+. The van der Waals surface area contributed by atoms with E-state index in [1.165, 1.54) is 0 Å². The number of hydrogen-bond donors (Lipinski definition) is 1. The van der Waals surface area contributed by atoms with Gasteiger partial charge in [-0.1, -0.05) is 48.1 Å². The van der Waals surface area contributed by atoms with E-state index in [0.717, 1.165) is 18.6 Å². The molecule has 6 heteroatoms. The number of Topliss-reactive ketones (excluding diaryl/α,β-unsaturated/α-hetero) is 1. The lowest BCUT2D eigenvalue weighted by Gasteiger charge is -2.19. The van der Waals surface area contributed by atoms with Gasteiger partial charge in [0.15, 0.2) is 6.10 Å². The topological polar surface area (TPSA) is 64.6 Å². The van der Waals surface area contributed by atoms with Gasteiger partial charge in [0.25, 0.3) is 0 Å². The van der Waals surface area contributed by atoms with Crippen molar-refractivity contribution in [3.05, 3.63) is 95.9 Å². The van der Waals surface area contributed by atoms with E-state index in [0.29, 0.717) is 17.1 Å². The second-order valence-corrected chi connectivity index (χ2v) is 8.59. The van der Waals surface area contributed by atoms with Crippen molar-refractivity contribution in [2.45, 2.75) is 32.3 Å². The number of fused-ring (bicyclic) bond motifs is 1. The number of nitrogens with one attached hydrogen (secondary N) is 1. The molecule has 0 aromatic heterocycles. The molecule has 4 rings (SSSR count). The maximum Gasteiger partial charge on any atom is 0.352 e. The smallest absolute Gasteiger partial charge is 0.352 e. The van der Waals surface area contributed by atoms with E-state index in [2.05, 4.69) is 18.0 Å². The quantitative estimate of drug-likeness (QED) is 0.200. The van der Waals surface area contributed by atoms with Crippen LogP contribution in [0.1, 0.15) is 26.2 Å². The highest BCUT2D eigenvalue weighted by atomic mass is 35.5. The average molecular weight is 464 g/mol. The van der Waals surface area contributed by atoms with Gasteiger partial charge >= 0.3 is 5.97 Å². The van der Waals surface area contributed by atoms with E-state index >= 15 is 0 Å². The lowest BCUT2D eigenvalue weighted by molar-refractivity contribution is -0.140. The second-order valence-electron chi connectivity index (χ2n) is 8.21. The van der Waals surface area contributed by atoms with Crippen LogP contribution in [0.5, 0.6) is 5.75 Å². The van der Waals surface area contributed by atoms with Crippen LogP contribution in [0.4, 0.5) is 5.69 Å². The second kappa shape index (κ2) is 9.67. The van der Waals surface area contributed by atoms with Crippen molar-refractivity contribution in [2.75, 3.05) is 5.32 Å². The van der Waals surface area contributed by atoms with Crippen LogP contribution in [0, 0.1) is 11.3 Å². The van der Waals surface area contributed by atoms with Gasteiger partial charge in [-0.2, -0.15) is 0 Å². The fourth-order valence-electron chi connectivity index (χ4n) is 4.07. The third-order valence-corrected chi connectivity index (χ3v) is 6.38. The molecule has 1 aliphatic heterocycles. The number of halogens is 1. The molecular weight excluding hydrogens is 438 g/mol. The molecule has 1 aromatic carbocycles. The zero-order valence-corrected chi connectivity index (χ0v) is 19.2. The number of hydrogen-bond acceptors (Lipinski definition) is 5. The Kier molecular flexibility index (Phi) is 6.70. The molecule has 0 bridgehead atoms. The number of benzene rings is 1. The lowest BCUT2D eigenvalue weighted by Crippen LogP contribution is -2.26. The number of carbonyl (C=O) groups is 2. The highest BCUT2D eigenvalue weighted by Gasteiger charge is 2.57. The summed E-state index contributed by atoms with van der Waals surface area (Å²) >= 11 is 6.23. The highest BCUT2D eigenvalue weighted by molar-refractivity contribution is 6.42. The van der Waals surface area contributed by atoms with Crippen LogP contribution in [-0.2, 0) is 14.3 Å². The monoisotopic (exact) mass is 463 g/mol. The molecule has 33 heavy (non-hydrogen) atoms. The molecular formula is C27H26ClNO4. The molecule has 3 atom stereocenters. The molecule has 1 saturated carbocycles. The SMILES string of the molecule is C=CC/C=C\C(=C/C)Oc1ccc(NC2=C(Cl)C(=O)OC2CC(=O)C23C=CC=CC2C3)cc1. The van der Waals surface area contributed by atoms with Crippen molar-refractivity contribution in [2.24, 2.45) is 11.3 Å². The van der Waals surface area contributed by atoms with E-state index in [-0.39, 0.29) is 23.2 Å². The van der Waals surface area contributed by atoms with Gasteiger partial charge in [-0.15, -0.1) is 6.58 Å². The van der Waals surface area contributed by atoms with E-state index in [1.807, 2.05) is 73.7 Å². The first kappa shape index (κ1) is 22.9. The van der Waals surface area contributed by atoms with Gasteiger partial charge in [0, 0.05) is 5.69 Å². The Morgan fingerprint density at radius 1 is 1.33 bits per heavy atom. The fraction of sp³-hybridized carbons (Fsp3) is 0.259. The van der Waals surface area contributed by atoms with Crippen molar-refractivity contribution in [1.82, 2.24) is 0 Å². The van der Waals surface area contributed by atoms with Crippen LogP contribution >= 0.6 is 11.6 Å². The Balaban J connectivity index is 1.41. The Morgan fingerprint density at radius 2 is 2.12 bits per heavy atom. The molecule has 1 aromatic rings. The van der Waals surface area contributed by atoms with E-state index in [9.17, 15) is 9.59 Å². The van der Waals surface area contributed by atoms with E-state index < -0.39 is 17.5 Å². The first-order valence-corrected chi connectivity index (χ1v) is 11.3. The Bertz CT molecular complexity index is 1110. The van der Waals surface area contributed by atoms with Crippen LogP contribution in [0.3, 0.4) is 0 Å². The molecule has 1 fully saturated rings. The first-order chi connectivity index (χ1) is 16.0. The molecule has 5 nitrogen and oxygen atoms in total. The predicted octanol–water partition coefficient (Wildman–Crippen LogP) is 5.98. The maximum atomic E-state index is 13.0. The summed E-state index contributed by atoms with van der Waals surface area (Å²) in [4.78, 5) is 25.1. The summed E-state index contributed by atoms with van der Waals surface area (Å²) in [5.74, 6) is 1.07. The van der Waals surface area contributed by atoms with Gasteiger partial charge in [0.2, 0.25) is 0 Å². The summed E-state index contributed by atoms with van der Waals surface area (Å²) in [5, 5.41) is 3.14. The number of esters is 1. The molecule has 3 aliphatic rings. The maximum absolute atomic E-state index is 13.0. The summed E-state index contributed by atoms with van der Waals surface area (Å²) in [7, 11) is 0. The summed E-state index contributed by atoms with van der Waals surface area (Å²) in [6, 6.07) is 7.26. The Labute approximate surface area is 198 Å². The van der Waals surface area contributed by atoms with Crippen LogP contribution < -0.4 is 10.1 Å². The number of cyclic esters (lactones) is 1. The zero-order valence-electron chi connectivity index (χ0n) is 18.4. The lowest BCUT2D eigenvalue weighted by atomic mass is 9.90. The van der Waals surface area contributed by atoms with Gasteiger partial charge in [-0.25, -0.2) is 4.79 Å². The molecule has 0 spiro atoms. The Morgan fingerprint density at radius 3 is 2.82 bits per heavy atom. The molecule has 170 valence electrons. The van der Waals surface area contributed by atoms with E-state index in [1.54, 1.807) is 0 Å². The molecule has 0 amide bonds. The summed E-state index contributed by atoms with van der Waals surface area (Å²) in [6.07, 6.45) is 16.4. The van der Waals surface area contributed by atoms with Crippen LogP contribution in [0.15, 0.2) is 95.9 Å². The summed E-state index contributed by atoms with van der Waals surface area (Å²) in [6.45, 7) is 5.60. The van der Waals surface area contributed by atoms with Crippen LogP contribution in [0.2, 0.25) is 0 Å². The number of rotatable bonds is 10. The van der Waals surface area contributed by atoms with Crippen LogP contribution in [-0.4, -0.2) is 17.9 Å². The third kappa shape index (κ3) is 4.88. The number of anilines is 1. The van der Waals surface area contributed by atoms with Crippen molar-refractivity contribution in [3.63, 3.8) is 0 Å². The van der Waals surface area contributed by atoms with Crippen molar-refractivity contribution in [1.29, 1.82) is 0 Å². The van der Waals surface area contributed by atoms with Crippen molar-refractivity contribution >= 4 is 29.0 Å². The largest absolute Gasteiger partial charge is 0.458 e. The normalized spacial score (nSPS) is 25.8. The number of allylic oxidation sites excluding steroid dienone is 8. The molecule has 2 aliphatic carbocycles. The minimum Gasteiger partial charge on any atom is -0.458 e. The minimum atomic E-state index is -0.729. The third-order valence-electron chi connectivity index (χ3n) is 6.02. The zero-order chi connectivity index (χ0) is 23.4. The number of ketones is 1. The fourth-order valence-corrected chi connectivity index (χ4v) is 4.29. The molecule has 1 heterocycles. The Hall–Kier alpha value is -3.31. The molecule has 1 N–H and O–H groups in total. The molecule has 0 saturated heterocycles. The van der Waals surface area contributed by atoms with Gasteiger partial charge in [0.1, 0.15) is 22.3 Å². The average Bonchev–Trinajstić information content (AvgIpc) is 3.52. The van der Waals surface area contributed by atoms with Gasteiger partial charge in [0.05, 0.1) is 17.5 Å².